The van der Waals surface area contributed by atoms with Gasteiger partial charge in [-0.1, -0.05) is 13.8 Å². The molecule has 0 spiro atoms. The molecule has 1 unspecified atom stereocenters. The van der Waals surface area contributed by atoms with Gasteiger partial charge in [-0.15, -0.1) is 0 Å². The Morgan fingerprint density at radius 2 is 2.21 bits per heavy atom. The van der Waals surface area contributed by atoms with Crippen LogP contribution in [0, 0.1) is 5.92 Å². The minimum atomic E-state index is -1.01. The molecule has 0 saturated heterocycles. The lowest BCUT2D eigenvalue weighted by Crippen LogP contribution is -2.41. The number of carbonyl (C=O) groups is 2. The van der Waals surface area contributed by atoms with Crippen molar-refractivity contribution in [1.29, 1.82) is 0 Å². The minimum absolute atomic E-state index is 0.197. The molecule has 1 aromatic rings. The fourth-order valence-electron chi connectivity index (χ4n) is 1.98. The van der Waals surface area contributed by atoms with E-state index in [-0.39, 0.29) is 11.6 Å². The summed E-state index contributed by atoms with van der Waals surface area (Å²) >= 11 is 0. The lowest BCUT2D eigenvalue weighted by molar-refractivity contribution is -0.139. The Balaban J connectivity index is 1.98. The van der Waals surface area contributed by atoms with Crippen molar-refractivity contribution < 1.29 is 14.7 Å². The van der Waals surface area contributed by atoms with Crippen molar-refractivity contribution >= 4 is 11.9 Å². The van der Waals surface area contributed by atoms with Crippen molar-refractivity contribution in [2.75, 3.05) is 0 Å². The summed E-state index contributed by atoms with van der Waals surface area (Å²) in [6.07, 6.45) is 2.64. The number of nitrogens with one attached hydrogen (secondary N) is 2. The van der Waals surface area contributed by atoms with Gasteiger partial charge >= 0.3 is 5.97 Å². The Morgan fingerprint density at radius 3 is 2.74 bits per heavy atom. The average Bonchev–Trinajstić information content (AvgIpc) is 3.05. The van der Waals surface area contributed by atoms with Gasteiger partial charge in [-0.05, 0) is 31.2 Å². The number of carbonyl (C=O) groups excluding carboxylic acids is 1. The summed E-state index contributed by atoms with van der Waals surface area (Å²) in [4.78, 5) is 23.0. The van der Waals surface area contributed by atoms with Crippen LogP contribution >= 0.6 is 0 Å². The van der Waals surface area contributed by atoms with E-state index in [0.29, 0.717) is 12.3 Å². The topological polar surface area (TPSA) is 95.1 Å². The SMILES string of the molecule is CC(C)CC(NC(=O)c1cc(C2CC2)[nH]n1)C(=O)O. The Morgan fingerprint density at radius 1 is 1.53 bits per heavy atom. The molecule has 1 saturated carbocycles. The number of nitrogens with zero attached hydrogens (tertiary/aromatic N) is 1. The first-order valence-corrected chi connectivity index (χ1v) is 6.56. The number of carboxylic acids is 1. The zero-order chi connectivity index (χ0) is 14.0. The molecule has 2 rings (SSSR count). The van der Waals surface area contributed by atoms with Crippen LogP contribution < -0.4 is 5.32 Å². The number of aromatic nitrogens is 2. The first-order valence-electron chi connectivity index (χ1n) is 6.56. The van der Waals surface area contributed by atoms with Crippen LogP contribution in [-0.2, 0) is 4.79 Å². The van der Waals surface area contributed by atoms with E-state index in [1.165, 1.54) is 0 Å². The molecule has 0 bridgehead atoms. The van der Waals surface area contributed by atoms with Crippen LogP contribution in [0.3, 0.4) is 0 Å². The molecule has 3 N–H and O–H groups in total. The van der Waals surface area contributed by atoms with Crippen molar-refractivity contribution in [1.82, 2.24) is 15.5 Å². The summed E-state index contributed by atoms with van der Waals surface area (Å²) < 4.78 is 0. The molecule has 1 aliphatic carbocycles. The highest BCUT2D eigenvalue weighted by molar-refractivity contribution is 5.95. The van der Waals surface area contributed by atoms with Crippen LogP contribution in [0.1, 0.15) is 55.2 Å². The quantitative estimate of drug-likeness (QED) is 0.726. The van der Waals surface area contributed by atoms with E-state index in [0.717, 1.165) is 18.5 Å². The molecule has 19 heavy (non-hydrogen) atoms. The molecule has 1 amide bonds. The van der Waals surface area contributed by atoms with Crippen molar-refractivity contribution in [2.24, 2.45) is 5.92 Å². The summed E-state index contributed by atoms with van der Waals surface area (Å²) in [6.45, 7) is 3.84. The Labute approximate surface area is 111 Å². The molecule has 6 nitrogen and oxygen atoms in total. The van der Waals surface area contributed by atoms with Crippen molar-refractivity contribution in [3.63, 3.8) is 0 Å². The fraction of sp³-hybridized carbons (Fsp3) is 0.615. The Kier molecular flexibility index (Phi) is 3.87. The van der Waals surface area contributed by atoms with Gasteiger partial charge in [0.1, 0.15) is 11.7 Å². The summed E-state index contributed by atoms with van der Waals surface area (Å²) in [5.41, 5.74) is 1.22. The number of hydrogen-bond donors (Lipinski definition) is 3. The Hall–Kier alpha value is -1.85. The number of carboxylic acid groups (broad SMARTS) is 1. The molecule has 1 aromatic heterocycles. The van der Waals surface area contributed by atoms with Crippen molar-refractivity contribution in [2.45, 2.75) is 45.1 Å². The molecule has 6 heteroatoms. The number of amides is 1. The van der Waals surface area contributed by atoms with Gasteiger partial charge in [0.15, 0.2) is 0 Å². The molecule has 0 aliphatic heterocycles. The smallest absolute Gasteiger partial charge is 0.326 e. The molecular formula is C13H19N3O3. The molecule has 1 fully saturated rings. The maximum absolute atomic E-state index is 11.9. The number of rotatable bonds is 6. The van der Waals surface area contributed by atoms with Crippen LogP contribution in [0.4, 0.5) is 0 Å². The first kappa shape index (κ1) is 13.6. The summed E-state index contributed by atoms with van der Waals surface area (Å²) in [5.74, 6) is -0.765. The predicted molar refractivity (Wildman–Crippen MR) is 68.9 cm³/mol. The standard InChI is InChI=1S/C13H19N3O3/c1-7(2)5-11(13(18)19)14-12(17)10-6-9(15-16-10)8-3-4-8/h6-8,11H,3-5H2,1-2H3,(H,14,17)(H,15,16)(H,18,19). The van der Waals surface area contributed by atoms with Gasteiger partial charge in [-0.2, -0.15) is 5.10 Å². The van der Waals surface area contributed by atoms with Gasteiger partial charge in [0.25, 0.3) is 5.91 Å². The van der Waals surface area contributed by atoms with Crippen LogP contribution in [-0.4, -0.2) is 33.2 Å². The van der Waals surface area contributed by atoms with E-state index in [9.17, 15) is 9.59 Å². The third-order valence-corrected chi connectivity index (χ3v) is 3.16. The van der Waals surface area contributed by atoms with Crippen molar-refractivity contribution in [3.05, 3.63) is 17.5 Å². The summed E-state index contributed by atoms with van der Waals surface area (Å²) in [7, 11) is 0. The number of hydrogen-bond acceptors (Lipinski definition) is 3. The fourth-order valence-corrected chi connectivity index (χ4v) is 1.98. The maximum atomic E-state index is 11.9. The van der Waals surface area contributed by atoms with Crippen molar-refractivity contribution in [3.8, 4) is 0 Å². The zero-order valence-corrected chi connectivity index (χ0v) is 11.1. The van der Waals surface area contributed by atoms with E-state index in [1.54, 1.807) is 6.07 Å². The van der Waals surface area contributed by atoms with Crippen LogP contribution in [0.15, 0.2) is 6.07 Å². The maximum Gasteiger partial charge on any atom is 0.326 e. The molecular weight excluding hydrogens is 246 g/mol. The molecule has 1 atom stereocenters. The van der Waals surface area contributed by atoms with Gasteiger partial charge in [0.05, 0.1) is 0 Å². The highest BCUT2D eigenvalue weighted by atomic mass is 16.4. The van der Waals surface area contributed by atoms with Crippen LogP contribution in [0.5, 0.6) is 0 Å². The monoisotopic (exact) mass is 265 g/mol. The molecule has 1 aliphatic rings. The second-order valence-electron chi connectivity index (χ2n) is 5.48. The lowest BCUT2D eigenvalue weighted by Gasteiger charge is -2.15. The van der Waals surface area contributed by atoms with Gasteiger partial charge in [-0.25, -0.2) is 4.79 Å². The highest BCUT2D eigenvalue weighted by Gasteiger charge is 2.27. The highest BCUT2D eigenvalue weighted by Crippen LogP contribution is 2.38. The van der Waals surface area contributed by atoms with E-state index in [4.69, 9.17) is 5.11 Å². The molecule has 0 aromatic carbocycles. The predicted octanol–water partition coefficient (Wildman–Crippen LogP) is 1.52. The van der Waals surface area contributed by atoms with E-state index >= 15 is 0 Å². The van der Waals surface area contributed by atoms with Crippen LogP contribution in [0.25, 0.3) is 0 Å². The third-order valence-electron chi connectivity index (χ3n) is 3.16. The van der Waals surface area contributed by atoms with Gasteiger partial charge < -0.3 is 10.4 Å². The Bertz CT molecular complexity index is 477. The number of aromatic amines is 1. The second-order valence-corrected chi connectivity index (χ2v) is 5.48. The normalized spacial score (nSPS) is 16.4. The number of aliphatic carboxylic acids is 1. The second kappa shape index (κ2) is 5.42. The first-order chi connectivity index (χ1) is 8.97. The average molecular weight is 265 g/mol. The van der Waals surface area contributed by atoms with E-state index < -0.39 is 17.9 Å². The summed E-state index contributed by atoms with van der Waals surface area (Å²) in [6, 6.07) is 0.843. The zero-order valence-electron chi connectivity index (χ0n) is 11.1. The molecule has 0 radical (unpaired) electrons. The molecule has 1 heterocycles. The van der Waals surface area contributed by atoms with Gasteiger partial charge in [0, 0.05) is 11.6 Å². The molecule has 104 valence electrons. The third kappa shape index (κ3) is 3.56. The van der Waals surface area contributed by atoms with Crippen LogP contribution in [0.2, 0.25) is 0 Å². The van der Waals surface area contributed by atoms with E-state index in [2.05, 4.69) is 15.5 Å². The van der Waals surface area contributed by atoms with E-state index in [1.807, 2.05) is 13.8 Å². The summed E-state index contributed by atoms with van der Waals surface area (Å²) in [5, 5.41) is 18.4. The lowest BCUT2D eigenvalue weighted by atomic mass is 10.0. The number of H-pyrrole nitrogens is 1. The van der Waals surface area contributed by atoms with Gasteiger partial charge in [0.2, 0.25) is 0 Å². The minimum Gasteiger partial charge on any atom is -0.480 e. The largest absolute Gasteiger partial charge is 0.480 e. The van der Waals surface area contributed by atoms with Gasteiger partial charge in [-0.3, -0.25) is 9.89 Å².